The van der Waals surface area contributed by atoms with Crippen LogP contribution in [0, 0.1) is 11.7 Å². The summed E-state index contributed by atoms with van der Waals surface area (Å²) in [5.74, 6) is -2.49. The molecule has 1 aliphatic heterocycles. The Bertz CT molecular complexity index is 961. The molecule has 0 saturated carbocycles. The van der Waals surface area contributed by atoms with Crippen molar-refractivity contribution < 1.29 is 18.7 Å². The normalized spacial score (nSPS) is 23.6. The van der Waals surface area contributed by atoms with Gasteiger partial charge in [-0.3, -0.25) is 19.6 Å². The van der Waals surface area contributed by atoms with E-state index in [9.17, 15) is 14.0 Å². The van der Waals surface area contributed by atoms with Gasteiger partial charge < -0.3 is 10.1 Å². The summed E-state index contributed by atoms with van der Waals surface area (Å²) in [4.78, 5) is 34.9. The van der Waals surface area contributed by atoms with E-state index in [2.05, 4.69) is 10.3 Å². The maximum Gasteiger partial charge on any atom is 0.321 e. The van der Waals surface area contributed by atoms with E-state index in [4.69, 9.17) is 9.73 Å². The molecule has 1 amide bonds. The fourth-order valence-electron chi connectivity index (χ4n) is 4.12. The van der Waals surface area contributed by atoms with Crippen LogP contribution in [0.3, 0.4) is 0 Å². The van der Waals surface area contributed by atoms with Crippen LogP contribution in [0.25, 0.3) is 0 Å². The molecule has 2 aromatic rings. The zero-order valence-corrected chi connectivity index (χ0v) is 15.4. The van der Waals surface area contributed by atoms with Crippen molar-refractivity contribution in [1.29, 1.82) is 0 Å². The SMILES string of the molecule is CCOC(=O)C1C(=O)NC(c2ccccn2)=NC12CCCc1ccc(F)cc12. The second-order valence-corrected chi connectivity index (χ2v) is 6.93. The summed E-state index contributed by atoms with van der Waals surface area (Å²) in [6.07, 6.45) is 3.50. The number of ether oxygens (including phenoxy) is 1. The summed E-state index contributed by atoms with van der Waals surface area (Å²) in [5.41, 5.74) is 0.735. The van der Waals surface area contributed by atoms with Gasteiger partial charge in [0, 0.05) is 6.20 Å². The van der Waals surface area contributed by atoms with Gasteiger partial charge in [0.1, 0.15) is 17.1 Å². The number of hydrogen-bond donors (Lipinski definition) is 1. The molecule has 1 aromatic heterocycles. The number of aliphatic imine (C=N–C) groups is 1. The number of hydrogen-bond acceptors (Lipinski definition) is 5. The number of amidine groups is 1. The van der Waals surface area contributed by atoms with Crippen molar-refractivity contribution in [2.24, 2.45) is 10.9 Å². The molecule has 6 nitrogen and oxygen atoms in total. The lowest BCUT2D eigenvalue weighted by atomic mass is 9.68. The van der Waals surface area contributed by atoms with E-state index < -0.39 is 29.2 Å². The number of carbonyl (C=O) groups is 2. The molecular weight excluding hydrogens is 361 g/mol. The van der Waals surface area contributed by atoms with E-state index in [-0.39, 0.29) is 12.4 Å². The van der Waals surface area contributed by atoms with Crippen molar-refractivity contribution in [3.8, 4) is 0 Å². The summed E-state index contributed by atoms with van der Waals surface area (Å²) in [7, 11) is 0. The number of aryl methyl sites for hydroxylation is 1. The second-order valence-electron chi connectivity index (χ2n) is 6.93. The van der Waals surface area contributed by atoms with Crippen molar-refractivity contribution in [2.45, 2.75) is 31.7 Å². The topological polar surface area (TPSA) is 80.7 Å². The van der Waals surface area contributed by atoms with Gasteiger partial charge in [-0.25, -0.2) is 4.39 Å². The molecule has 2 unspecified atom stereocenters. The monoisotopic (exact) mass is 381 g/mol. The summed E-state index contributed by atoms with van der Waals surface area (Å²) in [6.45, 7) is 1.83. The molecule has 0 bridgehead atoms. The number of halogens is 1. The number of amides is 1. The van der Waals surface area contributed by atoms with Crippen LogP contribution in [-0.4, -0.2) is 29.3 Å². The minimum absolute atomic E-state index is 0.144. The molecule has 1 aromatic carbocycles. The van der Waals surface area contributed by atoms with Crippen LogP contribution in [0.15, 0.2) is 47.6 Å². The predicted octanol–water partition coefficient (Wildman–Crippen LogP) is 2.51. The Morgan fingerprint density at radius 2 is 2.21 bits per heavy atom. The van der Waals surface area contributed by atoms with Crippen LogP contribution in [0.1, 0.15) is 36.6 Å². The Hall–Kier alpha value is -3.09. The van der Waals surface area contributed by atoms with E-state index in [1.807, 2.05) is 0 Å². The highest BCUT2D eigenvalue weighted by atomic mass is 19.1. The number of fused-ring (bicyclic) bond motifs is 2. The quantitative estimate of drug-likeness (QED) is 0.654. The fraction of sp³-hybridized carbons (Fsp3) is 0.333. The number of benzene rings is 1. The lowest BCUT2D eigenvalue weighted by Crippen LogP contribution is -2.56. The van der Waals surface area contributed by atoms with Crippen molar-refractivity contribution in [3.05, 3.63) is 65.2 Å². The average molecular weight is 381 g/mol. The van der Waals surface area contributed by atoms with Crippen molar-refractivity contribution in [2.75, 3.05) is 6.61 Å². The Morgan fingerprint density at radius 1 is 1.36 bits per heavy atom. The van der Waals surface area contributed by atoms with Crippen LogP contribution in [0.4, 0.5) is 4.39 Å². The molecule has 2 heterocycles. The number of nitrogens with zero attached hydrogens (tertiary/aromatic N) is 2. The van der Waals surface area contributed by atoms with Gasteiger partial charge >= 0.3 is 5.97 Å². The van der Waals surface area contributed by atoms with Crippen molar-refractivity contribution >= 4 is 17.7 Å². The van der Waals surface area contributed by atoms with Crippen LogP contribution >= 0.6 is 0 Å². The standard InChI is InChI=1S/C21H20FN3O3/c1-2-28-20(27)17-19(26)24-18(16-7-3-4-11-23-16)25-21(17)10-5-6-13-8-9-14(22)12-15(13)21/h3-4,7-9,11-12,17H,2,5-6,10H2,1H3,(H,24,25,26). The van der Waals surface area contributed by atoms with Crippen LogP contribution < -0.4 is 5.32 Å². The molecule has 0 radical (unpaired) electrons. The Kier molecular flexibility index (Phi) is 4.66. The summed E-state index contributed by atoms with van der Waals surface area (Å²) >= 11 is 0. The van der Waals surface area contributed by atoms with E-state index in [0.29, 0.717) is 17.7 Å². The third-order valence-corrected chi connectivity index (χ3v) is 5.26. The largest absolute Gasteiger partial charge is 0.465 e. The van der Waals surface area contributed by atoms with Crippen molar-refractivity contribution in [1.82, 2.24) is 10.3 Å². The first kappa shape index (κ1) is 18.3. The Morgan fingerprint density at radius 3 is 2.96 bits per heavy atom. The molecule has 1 aliphatic carbocycles. The Balaban J connectivity index is 1.95. The molecule has 1 N–H and O–H groups in total. The average Bonchev–Trinajstić information content (AvgIpc) is 2.69. The molecule has 144 valence electrons. The van der Waals surface area contributed by atoms with Crippen molar-refractivity contribution in [3.63, 3.8) is 0 Å². The third-order valence-electron chi connectivity index (χ3n) is 5.26. The summed E-state index contributed by atoms with van der Waals surface area (Å²) < 4.78 is 19.3. The maximum absolute atomic E-state index is 14.1. The first-order chi connectivity index (χ1) is 13.5. The van der Waals surface area contributed by atoms with Gasteiger partial charge in [0.05, 0.1) is 6.61 Å². The molecule has 7 heteroatoms. The first-order valence-corrected chi connectivity index (χ1v) is 9.33. The molecule has 28 heavy (non-hydrogen) atoms. The highest BCUT2D eigenvalue weighted by Crippen LogP contribution is 2.46. The van der Waals surface area contributed by atoms with Gasteiger partial charge in [-0.1, -0.05) is 12.1 Å². The molecule has 0 fully saturated rings. The summed E-state index contributed by atoms with van der Waals surface area (Å²) in [6, 6.07) is 9.76. The van der Waals surface area contributed by atoms with Gasteiger partial charge in [-0.15, -0.1) is 0 Å². The van der Waals surface area contributed by atoms with Gasteiger partial charge in [0.25, 0.3) is 0 Å². The number of esters is 1. The molecule has 2 aliphatic rings. The zero-order chi connectivity index (χ0) is 19.7. The van der Waals surface area contributed by atoms with E-state index >= 15 is 0 Å². The molecule has 1 spiro atoms. The van der Waals surface area contributed by atoms with Gasteiger partial charge in [-0.2, -0.15) is 0 Å². The highest BCUT2D eigenvalue weighted by Gasteiger charge is 2.54. The minimum Gasteiger partial charge on any atom is -0.465 e. The molecule has 2 atom stereocenters. The fourth-order valence-corrected chi connectivity index (χ4v) is 4.12. The van der Waals surface area contributed by atoms with Gasteiger partial charge in [0.2, 0.25) is 5.91 Å². The molecular formula is C21H20FN3O3. The Labute approximate surface area is 161 Å². The number of pyridine rings is 1. The predicted molar refractivity (Wildman–Crippen MR) is 100 cm³/mol. The smallest absolute Gasteiger partial charge is 0.321 e. The molecule has 0 saturated heterocycles. The number of aromatic nitrogens is 1. The van der Waals surface area contributed by atoms with Gasteiger partial charge in [-0.05, 0) is 61.6 Å². The van der Waals surface area contributed by atoms with E-state index in [1.54, 1.807) is 37.4 Å². The number of carbonyl (C=O) groups excluding carboxylic acids is 2. The van der Waals surface area contributed by atoms with Crippen LogP contribution in [0.5, 0.6) is 0 Å². The van der Waals surface area contributed by atoms with Crippen LogP contribution in [-0.2, 0) is 26.3 Å². The van der Waals surface area contributed by atoms with E-state index in [1.165, 1.54) is 12.1 Å². The molecule has 4 rings (SSSR count). The summed E-state index contributed by atoms with van der Waals surface area (Å²) in [5, 5.41) is 2.69. The second kappa shape index (κ2) is 7.14. The van der Waals surface area contributed by atoms with Crippen LogP contribution in [0.2, 0.25) is 0 Å². The number of nitrogens with one attached hydrogen (secondary N) is 1. The maximum atomic E-state index is 14.1. The third kappa shape index (κ3) is 2.96. The van der Waals surface area contributed by atoms with Gasteiger partial charge in [0.15, 0.2) is 11.8 Å². The van der Waals surface area contributed by atoms with E-state index in [0.717, 1.165) is 18.4 Å². The first-order valence-electron chi connectivity index (χ1n) is 9.33. The zero-order valence-electron chi connectivity index (χ0n) is 15.4. The number of rotatable bonds is 3. The highest BCUT2D eigenvalue weighted by molar-refractivity contribution is 6.14. The lowest BCUT2D eigenvalue weighted by molar-refractivity contribution is -0.155. The minimum atomic E-state index is -1.21. The lowest BCUT2D eigenvalue weighted by Gasteiger charge is -2.42.